The minimum absolute atomic E-state index is 0.161. The van der Waals surface area contributed by atoms with E-state index in [0.29, 0.717) is 18.7 Å². The highest BCUT2D eigenvalue weighted by atomic mass is 16.5. The number of hydrogen-bond donors (Lipinski definition) is 3. The predicted molar refractivity (Wildman–Crippen MR) is 78.6 cm³/mol. The summed E-state index contributed by atoms with van der Waals surface area (Å²) >= 11 is 0. The molecular formula is C14H17N3O5. The number of rotatable bonds is 8. The van der Waals surface area contributed by atoms with E-state index in [1.54, 1.807) is 12.1 Å². The summed E-state index contributed by atoms with van der Waals surface area (Å²) in [5.74, 6) is -1.99. The summed E-state index contributed by atoms with van der Waals surface area (Å²) < 4.78 is 4.76. The first-order valence-electron chi connectivity index (χ1n) is 6.44. The molecule has 0 fully saturated rings. The van der Waals surface area contributed by atoms with Crippen LogP contribution in [0.15, 0.2) is 29.4 Å². The Kier molecular flexibility index (Phi) is 7.27. The molecular weight excluding hydrogens is 290 g/mol. The van der Waals surface area contributed by atoms with Crippen molar-refractivity contribution in [1.29, 1.82) is 0 Å². The zero-order chi connectivity index (χ0) is 16.4. The van der Waals surface area contributed by atoms with E-state index in [2.05, 4.69) is 15.8 Å². The number of carbonyl (C=O) groups excluding carboxylic acids is 2. The Morgan fingerprint density at radius 2 is 1.91 bits per heavy atom. The number of benzene rings is 1. The van der Waals surface area contributed by atoms with Crippen LogP contribution in [0.2, 0.25) is 0 Å². The van der Waals surface area contributed by atoms with Crippen molar-refractivity contribution in [3.8, 4) is 0 Å². The number of amides is 2. The van der Waals surface area contributed by atoms with Crippen LogP contribution < -0.4 is 10.7 Å². The Hall–Kier alpha value is -2.74. The van der Waals surface area contributed by atoms with E-state index < -0.39 is 17.8 Å². The van der Waals surface area contributed by atoms with Crippen molar-refractivity contribution in [2.24, 2.45) is 5.10 Å². The fourth-order valence-electron chi connectivity index (χ4n) is 1.43. The van der Waals surface area contributed by atoms with Gasteiger partial charge in [0.15, 0.2) is 0 Å². The molecule has 1 rings (SSSR count). The Morgan fingerprint density at radius 1 is 1.23 bits per heavy atom. The van der Waals surface area contributed by atoms with Crippen LogP contribution in [-0.2, 0) is 14.3 Å². The minimum atomic E-state index is -1.02. The van der Waals surface area contributed by atoms with Crippen LogP contribution in [0.25, 0.3) is 0 Å². The van der Waals surface area contributed by atoms with Gasteiger partial charge in [-0.2, -0.15) is 5.10 Å². The number of carboxylic acid groups (broad SMARTS) is 1. The maximum Gasteiger partial charge on any atom is 0.335 e. The second kappa shape index (κ2) is 9.24. The smallest absolute Gasteiger partial charge is 0.335 e. The van der Waals surface area contributed by atoms with Crippen molar-refractivity contribution < 1.29 is 24.2 Å². The third-order valence-corrected chi connectivity index (χ3v) is 2.51. The molecule has 8 nitrogen and oxygen atoms in total. The van der Waals surface area contributed by atoms with Crippen LogP contribution in [0.4, 0.5) is 0 Å². The fraction of sp³-hybridized carbons (Fsp3) is 0.286. The Labute approximate surface area is 127 Å². The molecule has 118 valence electrons. The molecule has 0 unspecified atom stereocenters. The molecule has 0 aliphatic heterocycles. The van der Waals surface area contributed by atoms with E-state index in [4.69, 9.17) is 9.84 Å². The normalized spacial score (nSPS) is 10.4. The van der Waals surface area contributed by atoms with Crippen molar-refractivity contribution in [3.63, 3.8) is 0 Å². The van der Waals surface area contributed by atoms with Crippen LogP contribution in [0.3, 0.4) is 0 Å². The summed E-state index contributed by atoms with van der Waals surface area (Å²) in [7, 11) is 1.51. The summed E-state index contributed by atoms with van der Waals surface area (Å²) in [4.78, 5) is 33.4. The summed E-state index contributed by atoms with van der Waals surface area (Å²) in [6.45, 7) is 0.708. The number of ether oxygens (including phenoxy) is 1. The quantitative estimate of drug-likeness (QED) is 0.270. The molecule has 0 aromatic heterocycles. The molecule has 0 radical (unpaired) electrons. The average Bonchev–Trinajstić information content (AvgIpc) is 2.48. The highest BCUT2D eigenvalue weighted by Crippen LogP contribution is 2.02. The molecule has 0 saturated heterocycles. The molecule has 0 atom stereocenters. The van der Waals surface area contributed by atoms with Gasteiger partial charge in [0, 0.05) is 13.7 Å². The molecule has 1 aromatic rings. The molecule has 22 heavy (non-hydrogen) atoms. The van der Waals surface area contributed by atoms with Gasteiger partial charge in [0.2, 0.25) is 11.8 Å². The Balaban J connectivity index is 2.36. The van der Waals surface area contributed by atoms with Crippen molar-refractivity contribution in [2.75, 3.05) is 20.3 Å². The van der Waals surface area contributed by atoms with E-state index in [1.807, 2.05) is 0 Å². The fourth-order valence-corrected chi connectivity index (χ4v) is 1.43. The van der Waals surface area contributed by atoms with Crippen LogP contribution in [0, 0.1) is 0 Å². The topological polar surface area (TPSA) is 117 Å². The van der Waals surface area contributed by atoms with Crippen LogP contribution >= 0.6 is 0 Å². The molecule has 0 saturated carbocycles. The lowest BCUT2D eigenvalue weighted by Crippen LogP contribution is -2.31. The number of hydrazone groups is 1. The van der Waals surface area contributed by atoms with Gasteiger partial charge in [0.05, 0.1) is 18.4 Å². The lowest BCUT2D eigenvalue weighted by atomic mass is 10.1. The van der Waals surface area contributed by atoms with E-state index in [9.17, 15) is 14.4 Å². The van der Waals surface area contributed by atoms with Gasteiger partial charge < -0.3 is 15.2 Å². The number of nitrogens with zero attached hydrogens (tertiary/aromatic N) is 1. The van der Waals surface area contributed by atoms with Crippen molar-refractivity contribution in [1.82, 2.24) is 10.7 Å². The number of carboxylic acids is 1. The molecule has 3 N–H and O–H groups in total. The number of hydrogen-bond acceptors (Lipinski definition) is 5. The van der Waals surface area contributed by atoms with Crippen LogP contribution in [0.1, 0.15) is 22.3 Å². The number of aromatic carboxylic acids is 1. The highest BCUT2D eigenvalue weighted by molar-refractivity contribution is 5.97. The second-order valence-corrected chi connectivity index (χ2v) is 4.24. The lowest BCUT2D eigenvalue weighted by molar-refractivity contribution is -0.129. The van der Waals surface area contributed by atoms with Crippen LogP contribution in [0.5, 0.6) is 0 Å². The summed E-state index contributed by atoms with van der Waals surface area (Å²) in [5, 5.41) is 14.9. The van der Waals surface area contributed by atoms with Gasteiger partial charge in [-0.1, -0.05) is 12.1 Å². The molecule has 0 aliphatic rings. The summed E-state index contributed by atoms with van der Waals surface area (Å²) in [6.07, 6.45) is 1.02. The summed E-state index contributed by atoms with van der Waals surface area (Å²) in [6, 6.07) is 5.96. The molecule has 0 spiro atoms. The van der Waals surface area contributed by atoms with Gasteiger partial charge in [0.1, 0.15) is 6.42 Å². The number of methoxy groups -OCH3 is 1. The average molecular weight is 307 g/mol. The minimum Gasteiger partial charge on any atom is -0.478 e. The molecule has 1 aromatic carbocycles. The Bertz CT molecular complexity index is 554. The van der Waals surface area contributed by atoms with Gasteiger partial charge in [0.25, 0.3) is 0 Å². The van der Waals surface area contributed by atoms with Gasteiger partial charge >= 0.3 is 5.97 Å². The first kappa shape index (κ1) is 17.3. The molecule has 0 bridgehead atoms. The molecule has 8 heteroatoms. The number of nitrogens with one attached hydrogen (secondary N) is 2. The first-order valence-corrected chi connectivity index (χ1v) is 6.44. The second-order valence-electron chi connectivity index (χ2n) is 4.24. The molecule has 0 heterocycles. The Morgan fingerprint density at radius 3 is 2.50 bits per heavy atom. The van der Waals surface area contributed by atoms with E-state index >= 15 is 0 Å². The third kappa shape index (κ3) is 6.62. The van der Waals surface area contributed by atoms with Gasteiger partial charge in [-0.15, -0.1) is 0 Å². The molecule has 2 amide bonds. The monoisotopic (exact) mass is 307 g/mol. The van der Waals surface area contributed by atoms with Gasteiger partial charge in [-0.05, 0) is 17.7 Å². The van der Waals surface area contributed by atoms with E-state index in [0.717, 1.165) is 0 Å². The number of carbonyl (C=O) groups is 3. The lowest BCUT2D eigenvalue weighted by Gasteiger charge is -2.03. The first-order chi connectivity index (χ1) is 10.5. The predicted octanol–water partition coefficient (Wildman–Crippen LogP) is -0.0124. The van der Waals surface area contributed by atoms with Crippen molar-refractivity contribution >= 4 is 24.0 Å². The largest absolute Gasteiger partial charge is 0.478 e. The molecule has 0 aliphatic carbocycles. The zero-order valence-corrected chi connectivity index (χ0v) is 12.0. The van der Waals surface area contributed by atoms with Crippen LogP contribution in [-0.4, -0.2) is 49.4 Å². The maximum atomic E-state index is 11.4. The highest BCUT2D eigenvalue weighted by Gasteiger charge is 2.07. The zero-order valence-electron chi connectivity index (χ0n) is 12.0. The van der Waals surface area contributed by atoms with Crippen molar-refractivity contribution in [2.45, 2.75) is 6.42 Å². The van der Waals surface area contributed by atoms with Gasteiger partial charge in [-0.3, -0.25) is 9.59 Å². The van der Waals surface area contributed by atoms with Crippen molar-refractivity contribution in [3.05, 3.63) is 35.4 Å². The maximum absolute atomic E-state index is 11.4. The van der Waals surface area contributed by atoms with E-state index in [1.165, 1.54) is 25.5 Å². The van der Waals surface area contributed by atoms with E-state index in [-0.39, 0.29) is 12.0 Å². The van der Waals surface area contributed by atoms with Gasteiger partial charge in [-0.25, -0.2) is 10.2 Å². The standard InChI is InChI=1S/C14H17N3O5/c1-22-7-6-15-12(18)8-13(19)17-16-9-10-2-4-11(5-3-10)14(20)21/h2-5,9H,6-8H2,1H3,(H,15,18)(H,17,19)(H,20,21)/b16-9+. The third-order valence-electron chi connectivity index (χ3n) is 2.51. The summed E-state index contributed by atoms with van der Waals surface area (Å²) in [5.41, 5.74) is 2.99. The SMILES string of the molecule is COCCNC(=O)CC(=O)N/N=C/c1ccc(C(=O)O)cc1.